The summed E-state index contributed by atoms with van der Waals surface area (Å²) in [6, 6.07) is 13.3. The van der Waals surface area contributed by atoms with Gasteiger partial charge in [0.05, 0.1) is 21.3 Å². The second-order valence-electron chi connectivity index (χ2n) is 6.00. The van der Waals surface area contributed by atoms with Crippen LogP contribution in [-0.2, 0) is 11.2 Å². The summed E-state index contributed by atoms with van der Waals surface area (Å²) in [6.45, 7) is 0. The second-order valence-corrected chi connectivity index (χ2v) is 6.00. The molecule has 6 nitrogen and oxygen atoms in total. The average molecular weight is 366 g/mol. The number of amides is 1. The van der Waals surface area contributed by atoms with Crippen molar-refractivity contribution >= 4 is 17.8 Å². The Labute approximate surface area is 158 Å². The fourth-order valence-electron chi connectivity index (χ4n) is 2.79. The third kappa shape index (κ3) is 4.47. The number of carbonyl (C=O) groups is 1. The Balaban J connectivity index is 1.74. The van der Waals surface area contributed by atoms with Gasteiger partial charge in [0.2, 0.25) is 0 Å². The number of hydrogen-bond donors (Lipinski definition) is 1. The van der Waals surface area contributed by atoms with Crippen molar-refractivity contribution in [3.8, 4) is 17.2 Å². The molecule has 0 saturated carbocycles. The van der Waals surface area contributed by atoms with Crippen LogP contribution < -0.4 is 19.5 Å². The molecule has 27 heavy (non-hydrogen) atoms. The van der Waals surface area contributed by atoms with Gasteiger partial charge in [-0.1, -0.05) is 12.1 Å². The van der Waals surface area contributed by atoms with Gasteiger partial charge in [0.15, 0.2) is 0 Å². The summed E-state index contributed by atoms with van der Waals surface area (Å²) in [7, 11) is 4.82. The lowest BCUT2D eigenvalue weighted by Gasteiger charge is -2.07. The van der Waals surface area contributed by atoms with Crippen LogP contribution in [0.25, 0.3) is 6.08 Å². The number of ether oxygens (including phenoxy) is 3. The fraction of sp³-hybridized carbons (Fsp3) is 0.238. The molecule has 1 amide bonds. The molecule has 0 radical (unpaired) electrons. The van der Waals surface area contributed by atoms with Crippen LogP contribution in [-0.4, -0.2) is 33.1 Å². The molecule has 0 aromatic heterocycles. The van der Waals surface area contributed by atoms with E-state index >= 15 is 0 Å². The first kappa shape index (κ1) is 18.5. The van der Waals surface area contributed by atoms with E-state index in [2.05, 4.69) is 10.3 Å². The van der Waals surface area contributed by atoms with Crippen molar-refractivity contribution in [3.05, 3.63) is 59.3 Å². The summed E-state index contributed by atoms with van der Waals surface area (Å²) in [5.74, 6) is 2.60. The Morgan fingerprint density at radius 1 is 0.926 bits per heavy atom. The Morgan fingerprint density at radius 3 is 2.30 bits per heavy atom. The lowest BCUT2D eigenvalue weighted by Crippen LogP contribution is -2.24. The number of nitrogens with zero attached hydrogens (tertiary/aromatic N) is 1. The van der Waals surface area contributed by atoms with Crippen molar-refractivity contribution in [2.45, 2.75) is 12.8 Å². The highest BCUT2D eigenvalue weighted by Gasteiger charge is 2.20. The monoisotopic (exact) mass is 366 g/mol. The summed E-state index contributed by atoms with van der Waals surface area (Å²) in [5, 5.41) is 2.83. The lowest BCUT2D eigenvalue weighted by atomic mass is 10.1. The van der Waals surface area contributed by atoms with Crippen molar-refractivity contribution < 1.29 is 19.0 Å². The van der Waals surface area contributed by atoms with Crippen molar-refractivity contribution in [2.24, 2.45) is 4.99 Å². The van der Waals surface area contributed by atoms with E-state index < -0.39 is 0 Å². The lowest BCUT2D eigenvalue weighted by molar-refractivity contribution is -0.115. The summed E-state index contributed by atoms with van der Waals surface area (Å²) in [4.78, 5) is 16.7. The summed E-state index contributed by atoms with van der Waals surface area (Å²) < 4.78 is 15.8. The number of aliphatic imine (C=N–C) groups is 1. The summed E-state index contributed by atoms with van der Waals surface area (Å²) >= 11 is 0. The molecule has 0 bridgehead atoms. The molecule has 140 valence electrons. The molecule has 0 aliphatic carbocycles. The first-order valence-electron chi connectivity index (χ1n) is 8.58. The summed E-state index contributed by atoms with van der Waals surface area (Å²) in [5.41, 5.74) is 2.24. The van der Waals surface area contributed by atoms with Gasteiger partial charge in [0, 0.05) is 12.0 Å². The SMILES string of the molecule is COc1ccc(CCC2=N/C(=C\c3cc(OC)ccc3OC)C(=O)N2)cc1. The van der Waals surface area contributed by atoms with Gasteiger partial charge >= 0.3 is 0 Å². The van der Waals surface area contributed by atoms with Gasteiger partial charge < -0.3 is 19.5 Å². The Bertz CT molecular complexity index is 886. The molecule has 0 unspecified atom stereocenters. The molecule has 0 spiro atoms. The zero-order valence-electron chi connectivity index (χ0n) is 15.6. The molecule has 1 aliphatic heterocycles. The van der Waals surface area contributed by atoms with Gasteiger partial charge in [-0.2, -0.15) is 0 Å². The maximum atomic E-state index is 12.3. The third-order valence-electron chi connectivity index (χ3n) is 4.28. The minimum atomic E-state index is -0.218. The van der Waals surface area contributed by atoms with Crippen molar-refractivity contribution in [1.29, 1.82) is 0 Å². The largest absolute Gasteiger partial charge is 0.497 e. The van der Waals surface area contributed by atoms with E-state index in [4.69, 9.17) is 14.2 Å². The van der Waals surface area contributed by atoms with E-state index in [0.29, 0.717) is 29.5 Å². The van der Waals surface area contributed by atoms with Gasteiger partial charge in [-0.15, -0.1) is 0 Å². The zero-order valence-corrected chi connectivity index (χ0v) is 15.6. The van der Waals surface area contributed by atoms with Gasteiger partial charge in [0.1, 0.15) is 28.8 Å². The van der Waals surface area contributed by atoms with Crippen LogP contribution in [0, 0.1) is 0 Å². The van der Waals surface area contributed by atoms with Gasteiger partial charge in [-0.3, -0.25) is 4.79 Å². The van der Waals surface area contributed by atoms with Crippen LogP contribution in [0.1, 0.15) is 17.5 Å². The third-order valence-corrected chi connectivity index (χ3v) is 4.28. The number of carbonyl (C=O) groups excluding carboxylic acids is 1. The highest BCUT2D eigenvalue weighted by Crippen LogP contribution is 2.27. The fourth-order valence-corrected chi connectivity index (χ4v) is 2.79. The molecule has 6 heteroatoms. The van der Waals surface area contributed by atoms with Gasteiger partial charge in [-0.25, -0.2) is 4.99 Å². The van der Waals surface area contributed by atoms with Gasteiger partial charge in [-0.05, 0) is 48.4 Å². The molecular formula is C21H22N2O4. The van der Waals surface area contributed by atoms with Crippen LogP contribution in [0.5, 0.6) is 17.2 Å². The topological polar surface area (TPSA) is 69.1 Å². The number of aryl methyl sites for hydroxylation is 1. The van der Waals surface area contributed by atoms with E-state index in [1.807, 2.05) is 30.3 Å². The molecule has 3 rings (SSSR count). The number of benzene rings is 2. The standard InChI is InChI=1S/C21H22N2O4/c1-25-16-7-4-14(5-8-16)6-11-20-22-18(21(24)23-20)13-15-12-17(26-2)9-10-19(15)27-3/h4-5,7-10,12-13H,6,11H2,1-3H3,(H,22,23,24)/b18-13-. The van der Waals surface area contributed by atoms with E-state index in [9.17, 15) is 4.79 Å². The highest BCUT2D eigenvalue weighted by molar-refractivity contribution is 6.14. The molecule has 2 aromatic carbocycles. The predicted octanol–water partition coefficient (Wildman–Crippen LogP) is 3.21. The first-order valence-corrected chi connectivity index (χ1v) is 8.58. The second kappa shape index (κ2) is 8.40. The predicted molar refractivity (Wildman–Crippen MR) is 104 cm³/mol. The van der Waals surface area contributed by atoms with E-state index in [1.165, 1.54) is 0 Å². The minimum Gasteiger partial charge on any atom is -0.497 e. The maximum Gasteiger partial charge on any atom is 0.275 e. The number of nitrogens with one attached hydrogen (secondary N) is 1. The highest BCUT2D eigenvalue weighted by atomic mass is 16.5. The number of methoxy groups -OCH3 is 3. The van der Waals surface area contributed by atoms with E-state index in [-0.39, 0.29) is 5.91 Å². The maximum absolute atomic E-state index is 12.3. The molecule has 0 fully saturated rings. The molecular weight excluding hydrogens is 344 g/mol. The Kier molecular flexibility index (Phi) is 5.76. The molecule has 0 saturated heterocycles. The van der Waals surface area contributed by atoms with E-state index in [0.717, 1.165) is 23.3 Å². The van der Waals surface area contributed by atoms with Crippen molar-refractivity contribution in [3.63, 3.8) is 0 Å². The van der Waals surface area contributed by atoms with Crippen LogP contribution in [0.2, 0.25) is 0 Å². The van der Waals surface area contributed by atoms with E-state index in [1.54, 1.807) is 39.5 Å². The normalized spacial score (nSPS) is 14.7. The molecule has 1 heterocycles. The van der Waals surface area contributed by atoms with Crippen molar-refractivity contribution in [1.82, 2.24) is 5.32 Å². The quantitative estimate of drug-likeness (QED) is 0.764. The average Bonchev–Trinajstić information content (AvgIpc) is 3.06. The molecule has 2 aromatic rings. The smallest absolute Gasteiger partial charge is 0.275 e. The van der Waals surface area contributed by atoms with Crippen LogP contribution in [0.3, 0.4) is 0 Å². The molecule has 1 aliphatic rings. The Morgan fingerprint density at radius 2 is 1.63 bits per heavy atom. The molecule has 1 N–H and O–H groups in total. The van der Waals surface area contributed by atoms with Crippen LogP contribution >= 0.6 is 0 Å². The number of rotatable bonds is 7. The van der Waals surface area contributed by atoms with Crippen LogP contribution in [0.4, 0.5) is 0 Å². The minimum absolute atomic E-state index is 0.218. The summed E-state index contributed by atoms with van der Waals surface area (Å²) in [6.07, 6.45) is 3.13. The Hall–Kier alpha value is -3.28. The van der Waals surface area contributed by atoms with Gasteiger partial charge in [0.25, 0.3) is 5.91 Å². The first-order chi connectivity index (χ1) is 13.1. The number of amidine groups is 1. The zero-order chi connectivity index (χ0) is 19.2. The van der Waals surface area contributed by atoms with Crippen LogP contribution in [0.15, 0.2) is 53.2 Å². The molecule has 0 atom stereocenters. The number of hydrogen-bond acceptors (Lipinski definition) is 5. The van der Waals surface area contributed by atoms with Crippen molar-refractivity contribution in [2.75, 3.05) is 21.3 Å².